The van der Waals surface area contributed by atoms with Gasteiger partial charge < -0.3 is 24.3 Å². The predicted octanol–water partition coefficient (Wildman–Crippen LogP) is 2.40. The maximum absolute atomic E-state index is 11.6. The third kappa shape index (κ3) is 9.23. The van der Waals surface area contributed by atoms with E-state index in [1.54, 1.807) is 0 Å². The first-order chi connectivity index (χ1) is 10.7. The zero-order chi connectivity index (χ0) is 16.0. The molecule has 0 aliphatic heterocycles. The lowest BCUT2D eigenvalue weighted by Crippen LogP contribution is -2.31. The molecule has 0 aromatic carbocycles. The number of hydrogen-bond acceptors (Lipinski definition) is 6. The first kappa shape index (κ1) is 18.3. The fraction of sp³-hybridized carbons (Fsp3) is 0.733. The molecular weight excluding hydrogens is 290 g/mol. The van der Waals surface area contributed by atoms with E-state index in [-0.39, 0.29) is 19.3 Å². The van der Waals surface area contributed by atoms with Crippen LogP contribution in [0.5, 0.6) is 0 Å². The summed E-state index contributed by atoms with van der Waals surface area (Å²) in [4.78, 5) is 22.3. The monoisotopic (exact) mass is 315 g/mol. The second-order valence-electron chi connectivity index (χ2n) is 4.85. The van der Waals surface area contributed by atoms with Crippen LogP contribution in [0, 0.1) is 0 Å². The summed E-state index contributed by atoms with van der Waals surface area (Å²) < 4.78 is 19.5. The molecule has 22 heavy (non-hydrogen) atoms. The van der Waals surface area contributed by atoms with Gasteiger partial charge in [0.25, 0.3) is 0 Å². The Hall–Kier alpha value is -1.76. The molecule has 0 fully saturated rings. The highest BCUT2D eigenvalue weighted by Gasteiger charge is 2.14. The molecule has 0 radical (unpaired) electrons. The minimum Gasteiger partial charge on any atom is -0.446 e. The quantitative estimate of drug-likeness (QED) is 0.441. The van der Waals surface area contributed by atoms with Crippen LogP contribution in [-0.2, 0) is 18.9 Å². The maximum Gasteiger partial charge on any atom is 0.508 e. The van der Waals surface area contributed by atoms with Crippen molar-refractivity contribution < 1.29 is 28.5 Å². The molecule has 1 unspecified atom stereocenters. The molecule has 1 atom stereocenters. The van der Waals surface area contributed by atoms with Crippen molar-refractivity contribution in [3.8, 4) is 0 Å². The predicted molar refractivity (Wildman–Crippen MR) is 79.7 cm³/mol. The van der Waals surface area contributed by atoms with E-state index < -0.39 is 12.2 Å². The van der Waals surface area contributed by atoms with Crippen molar-refractivity contribution in [2.75, 3.05) is 33.5 Å². The second kappa shape index (κ2) is 11.9. The Morgan fingerprint density at radius 3 is 2.77 bits per heavy atom. The van der Waals surface area contributed by atoms with E-state index in [2.05, 4.69) is 26.9 Å². The Kier molecular flexibility index (Phi) is 9.85. The highest BCUT2D eigenvalue weighted by atomic mass is 16.7. The Labute approximate surface area is 130 Å². The normalized spacial score (nSPS) is 19.4. The molecule has 0 bridgehead atoms. The van der Waals surface area contributed by atoms with Gasteiger partial charge in [0.2, 0.25) is 0 Å². The molecule has 1 aliphatic rings. The number of nitrogens with one attached hydrogen (secondary N) is 1. The van der Waals surface area contributed by atoms with Gasteiger partial charge in [-0.3, -0.25) is 0 Å². The summed E-state index contributed by atoms with van der Waals surface area (Å²) >= 11 is 0. The van der Waals surface area contributed by atoms with Crippen molar-refractivity contribution in [2.45, 2.75) is 38.2 Å². The van der Waals surface area contributed by atoms with Gasteiger partial charge in [0, 0.05) is 6.54 Å². The SMILES string of the molecule is COC(=O)OCCOCCNC(=O)OC1CC/C=C\CCC1. The number of carbonyl (C=O) groups excluding carboxylic acids is 2. The zero-order valence-electron chi connectivity index (χ0n) is 13.0. The minimum absolute atomic E-state index is 0.0145. The number of methoxy groups -OCH3 is 1. The lowest BCUT2D eigenvalue weighted by Gasteiger charge is -2.18. The van der Waals surface area contributed by atoms with Crippen molar-refractivity contribution in [2.24, 2.45) is 0 Å². The smallest absolute Gasteiger partial charge is 0.446 e. The van der Waals surface area contributed by atoms with Crippen LogP contribution in [0.15, 0.2) is 12.2 Å². The summed E-state index contributed by atoms with van der Waals surface area (Å²) in [5.74, 6) is 0. The Morgan fingerprint density at radius 2 is 1.95 bits per heavy atom. The molecule has 1 aliphatic carbocycles. The largest absolute Gasteiger partial charge is 0.508 e. The standard InChI is InChI=1S/C15H25NO6/c1-19-15(18)21-12-11-20-10-9-16-14(17)22-13-7-5-3-2-4-6-8-13/h2-3,13H,4-12H2,1H3,(H,16,17)/b3-2-. The lowest BCUT2D eigenvalue weighted by molar-refractivity contribution is 0.0374. The van der Waals surface area contributed by atoms with E-state index in [4.69, 9.17) is 9.47 Å². The average Bonchev–Trinajstić information content (AvgIpc) is 2.48. The van der Waals surface area contributed by atoms with E-state index in [9.17, 15) is 9.59 Å². The third-order valence-corrected chi connectivity index (χ3v) is 3.12. The minimum atomic E-state index is -0.737. The molecule has 1 N–H and O–H groups in total. The van der Waals surface area contributed by atoms with Crippen LogP contribution in [0.1, 0.15) is 32.1 Å². The fourth-order valence-electron chi connectivity index (χ4n) is 2.01. The van der Waals surface area contributed by atoms with Crippen LogP contribution in [0.25, 0.3) is 0 Å². The van der Waals surface area contributed by atoms with Crippen LogP contribution >= 0.6 is 0 Å². The van der Waals surface area contributed by atoms with E-state index in [1.807, 2.05) is 0 Å². The van der Waals surface area contributed by atoms with Gasteiger partial charge in [0.15, 0.2) is 0 Å². The molecular formula is C15H25NO6. The lowest BCUT2D eigenvalue weighted by atomic mass is 10.0. The first-order valence-corrected chi connectivity index (χ1v) is 7.60. The molecule has 0 spiro atoms. The maximum atomic E-state index is 11.6. The topological polar surface area (TPSA) is 83.1 Å². The Bertz CT molecular complexity index is 358. The van der Waals surface area contributed by atoms with Gasteiger partial charge in [-0.1, -0.05) is 12.2 Å². The average molecular weight is 315 g/mol. The van der Waals surface area contributed by atoms with Crippen LogP contribution in [0.4, 0.5) is 9.59 Å². The number of ether oxygens (including phenoxy) is 4. The van der Waals surface area contributed by atoms with Gasteiger partial charge in [-0.15, -0.1) is 0 Å². The van der Waals surface area contributed by atoms with Crippen LogP contribution in [-0.4, -0.2) is 51.8 Å². The van der Waals surface area contributed by atoms with Crippen LogP contribution < -0.4 is 5.32 Å². The van der Waals surface area contributed by atoms with E-state index in [0.29, 0.717) is 13.2 Å². The summed E-state index contributed by atoms with van der Waals surface area (Å²) in [7, 11) is 1.24. The van der Waals surface area contributed by atoms with Gasteiger partial charge >= 0.3 is 12.2 Å². The van der Waals surface area contributed by atoms with Gasteiger partial charge in [0.1, 0.15) is 12.7 Å². The Morgan fingerprint density at radius 1 is 1.14 bits per heavy atom. The molecule has 7 heteroatoms. The number of allylic oxidation sites excluding steroid dienone is 2. The highest BCUT2D eigenvalue weighted by Crippen LogP contribution is 2.15. The van der Waals surface area contributed by atoms with E-state index in [1.165, 1.54) is 7.11 Å². The number of rotatable bonds is 7. The summed E-state index contributed by atoms with van der Waals surface area (Å²) in [5.41, 5.74) is 0. The summed E-state index contributed by atoms with van der Waals surface area (Å²) in [6.45, 7) is 1.05. The van der Waals surface area contributed by atoms with Crippen molar-refractivity contribution in [3.63, 3.8) is 0 Å². The number of hydrogen-bond donors (Lipinski definition) is 1. The van der Waals surface area contributed by atoms with E-state index >= 15 is 0 Å². The van der Waals surface area contributed by atoms with Gasteiger partial charge in [-0.2, -0.15) is 0 Å². The molecule has 7 nitrogen and oxygen atoms in total. The Balaban J connectivity index is 1.98. The van der Waals surface area contributed by atoms with Gasteiger partial charge in [-0.25, -0.2) is 9.59 Å². The summed E-state index contributed by atoms with van der Waals surface area (Å²) in [5, 5.41) is 2.64. The molecule has 126 valence electrons. The number of alkyl carbamates (subject to hydrolysis) is 1. The first-order valence-electron chi connectivity index (χ1n) is 7.60. The van der Waals surface area contributed by atoms with Crippen LogP contribution in [0.2, 0.25) is 0 Å². The number of carbonyl (C=O) groups is 2. The second-order valence-corrected chi connectivity index (χ2v) is 4.85. The molecule has 1 amide bonds. The molecule has 0 aromatic heterocycles. The molecule has 1 rings (SSSR count). The molecule has 0 aromatic rings. The van der Waals surface area contributed by atoms with Crippen LogP contribution in [0.3, 0.4) is 0 Å². The molecule has 0 saturated heterocycles. The van der Waals surface area contributed by atoms with Crippen molar-refractivity contribution in [1.82, 2.24) is 5.32 Å². The number of amides is 1. The zero-order valence-corrected chi connectivity index (χ0v) is 13.0. The summed E-state index contributed by atoms with van der Waals surface area (Å²) in [6, 6.07) is 0. The van der Waals surface area contributed by atoms with Crippen molar-refractivity contribution in [1.29, 1.82) is 0 Å². The molecule has 0 saturated carbocycles. The van der Waals surface area contributed by atoms with Gasteiger partial charge in [0.05, 0.1) is 20.3 Å². The molecule has 0 heterocycles. The highest BCUT2D eigenvalue weighted by molar-refractivity contribution is 5.67. The van der Waals surface area contributed by atoms with E-state index in [0.717, 1.165) is 32.1 Å². The van der Waals surface area contributed by atoms with Crippen molar-refractivity contribution >= 4 is 12.2 Å². The third-order valence-electron chi connectivity index (χ3n) is 3.12. The summed E-state index contributed by atoms with van der Waals surface area (Å²) in [6.07, 6.45) is 7.95. The fourth-order valence-corrected chi connectivity index (χ4v) is 2.01. The van der Waals surface area contributed by atoms with Crippen molar-refractivity contribution in [3.05, 3.63) is 12.2 Å². The van der Waals surface area contributed by atoms with Gasteiger partial charge in [-0.05, 0) is 32.1 Å².